The molecule has 0 saturated heterocycles. The summed E-state index contributed by atoms with van der Waals surface area (Å²) in [7, 11) is 0. The fourth-order valence-corrected chi connectivity index (χ4v) is 2.23. The van der Waals surface area contributed by atoms with Gasteiger partial charge in [0, 0.05) is 12.2 Å². The first kappa shape index (κ1) is 16.4. The van der Waals surface area contributed by atoms with Gasteiger partial charge in [0.15, 0.2) is 0 Å². The summed E-state index contributed by atoms with van der Waals surface area (Å²) in [6, 6.07) is 2.52. The number of rotatable bonds is 5. The number of hydrogen-bond donors (Lipinski definition) is 2. The van der Waals surface area contributed by atoms with Crippen LogP contribution >= 0.6 is 11.6 Å². The normalized spacial score (nSPS) is 11.4. The molecule has 20 heavy (non-hydrogen) atoms. The summed E-state index contributed by atoms with van der Waals surface area (Å²) in [4.78, 5) is 12.4. The van der Waals surface area contributed by atoms with E-state index in [0.29, 0.717) is 6.42 Å². The number of nitrogen functional groups attached to an aromatic ring is 1. The molecule has 0 atom stereocenters. The zero-order valence-electron chi connectivity index (χ0n) is 10.8. The molecule has 0 radical (unpaired) electrons. The van der Waals surface area contributed by atoms with E-state index in [1.807, 2.05) is 0 Å². The molecule has 0 fully saturated rings. The van der Waals surface area contributed by atoms with Gasteiger partial charge in [0.1, 0.15) is 6.54 Å². The highest BCUT2D eigenvalue weighted by atomic mass is 35.5. The van der Waals surface area contributed by atoms with Crippen LogP contribution in [0.4, 0.5) is 24.5 Å². The third-order valence-electron chi connectivity index (χ3n) is 2.53. The summed E-state index contributed by atoms with van der Waals surface area (Å²) in [6.07, 6.45) is -3.97. The molecule has 1 amide bonds. The Morgan fingerprint density at radius 3 is 2.45 bits per heavy atom. The Balaban J connectivity index is 3.35. The maximum atomic E-state index is 12.6. The molecule has 0 unspecified atom stereocenters. The zero-order chi connectivity index (χ0) is 15.5. The van der Waals surface area contributed by atoms with Crippen molar-refractivity contribution in [3.63, 3.8) is 0 Å². The van der Waals surface area contributed by atoms with E-state index in [4.69, 9.17) is 23.1 Å². The number of primary amides is 1. The molecular weight excluding hydrogens is 295 g/mol. The molecule has 112 valence electrons. The molecule has 0 aliphatic heterocycles. The molecule has 8 heteroatoms. The summed E-state index contributed by atoms with van der Waals surface area (Å²) in [5, 5.41) is -0.0310. The highest BCUT2D eigenvalue weighted by Crippen LogP contribution is 2.34. The number of carbonyl (C=O) groups is 1. The lowest BCUT2D eigenvalue weighted by Gasteiger charge is -2.28. The Morgan fingerprint density at radius 1 is 1.40 bits per heavy atom. The number of halogens is 4. The van der Waals surface area contributed by atoms with Gasteiger partial charge >= 0.3 is 6.18 Å². The minimum absolute atomic E-state index is 0.0310. The second kappa shape index (κ2) is 6.21. The Kier molecular flexibility index (Phi) is 5.10. The lowest BCUT2D eigenvalue weighted by atomic mass is 10.1. The van der Waals surface area contributed by atoms with Crippen molar-refractivity contribution in [2.75, 3.05) is 23.7 Å². The minimum Gasteiger partial charge on any atom is -0.399 e. The van der Waals surface area contributed by atoms with Gasteiger partial charge in [-0.2, -0.15) is 13.2 Å². The van der Waals surface area contributed by atoms with E-state index in [1.165, 1.54) is 12.1 Å². The Hall–Kier alpha value is -1.63. The van der Waals surface area contributed by atoms with E-state index in [0.717, 1.165) is 4.90 Å². The van der Waals surface area contributed by atoms with Crippen LogP contribution in [0.1, 0.15) is 23.7 Å². The largest absolute Gasteiger partial charge is 0.405 e. The molecule has 1 rings (SSSR count). The van der Waals surface area contributed by atoms with E-state index in [-0.39, 0.29) is 28.5 Å². The maximum Gasteiger partial charge on any atom is 0.405 e. The molecule has 1 aromatic carbocycles. The number of nitrogens with two attached hydrogens (primary N) is 2. The third-order valence-corrected chi connectivity index (χ3v) is 2.82. The number of hydrogen-bond acceptors (Lipinski definition) is 3. The maximum absolute atomic E-state index is 12.6. The number of carbonyl (C=O) groups excluding carboxylic acids is 1. The molecule has 4 nitrogen and oxygen atoms in total. The van der Waals surface area contributed by atoms with E-state index >= 15 is 0 Å². The lowest BCUT2D eigenvalue weighted by Crippen LogP contribution is -2.36. The number of nitrogens with zero attached hydrogens (tertiary/aromatic N) is 1. The van der Waals surface area contributed by atoms with Gasteiger partial charge in [-0.25, -0.2) is 0 Å². The predicted octanol–water partition coefficient (Wildman–Crippen LogP) is 2.80. The van der Waals surface area contributed by atoms with Crippen molar-refractivity contribution in [2.45, 2.75) is 19.5 Å². The number of alkyl halides is 3. The quantitative estimate of drug-likeness (QED) is 0.821. The molecule has 0 heterocycles. The summed E-state index contributed by atoms with van der Waals surface area (Å²) in [6.45, 7) is 0.590. The second-order valence-corrected chi connectivity index (χ2v) is 4.71. The van der Waals surface area contributed by atoms with Crippen molar-refractivity contribution in [3.8, 4) is 0 Å². The SMILES string of the molecule is CCCN(CC(F)(F)F)c1c(Cl)cc(N)cc1C(N)=O. The van der Waals surface area contributed by atoms with Gasteiger partial charge in [0.05, 0.1) is 16.3 Å². The van der Waals surface area contributed by atoms with Crippen molar-refractivity contribution in [1.82, 2.24) is 0 Å². The molecule has 0 bridgehead atoms. The first-order chi connectivity index (χ1) is 9.15. The predicted molar refractivity (Wildman–Crippen MR) is 72.9 cm³/mol. The molecule has 1 aromatic rings. The molecule has 0 spiro atoms. The van der Waals surface area contributed by atoms with E-state index in [9.17, 15) is 18.0 Å². The molecule has 0 aliphatic carbocycles. The second-order valence-electron chi connectivity index (χ2n) is 4.30. The summed E-state index contributed by atoms with van der Waals surface area (Å²) >= 11 is 5.94. The van der Waals surface area contributed by atoms with Crippen LogP contribution in [-0.4, -0.2) is 25.2 Å². The minimum atomic E-state index is -4.42. The van der Waals surface area contributed by atoms with Gasteiger partial charge in [-0.15, -0.1) is 0 Å². The van der Waals surface area contributed by atoms with Gasteiger partial charge in [0.2, 0.25) is 0 Å². The van der Waals surface area contributed by atoms with Crippen LogP contribution < -0.4 is 16.4 Å². The van der Waals surface area contributed by atoms with Crippen LogP contribution in [0, 0.1) is 0 Å². The molecule has 0 aliphatic rings. The summed E-state index contributed by atoms with van der Waals surface area (Å²) in [5.41, 5.74) is 10.7. The van der Waals surface area contributed by atoms with Crippen LogP contribution in [0.2, 0.25) is 5.02 Å². The zero-order valence-corrected chi connectivity index (χ0v) is 11.6. The van der Waals surface area contributed by atoms with Gasteiger partial charge in [0.25, 0.3) is 5.91 Å². The smallest absolute Gasteiger partial charge is 0.399 e. The Labute approximate surface area is 119 Å². The van der Waals surface area contributed by atoms with Crippen molar-refractivity contribution >= 4 is 28.9 Å². The van der Waals surface area contributed by atoms with Crippen LogP contribution in [0.15, 0.2) is 12.1 Å². The standard InChI is InChI=1S/C12H15ClF3N3O/c1-2-3-19(6-12(14,15)16)10-8(11(18)20)4-7(17)5-9(10)13/h4-5H,2-3,6,17H2,1H3,(H2,18,20). The van der Waals surface area contributed by atoms with Crippen molar-refractivity contribution in [2.24, 2.45) is 5.73 Å². The first-order valence-corrected chi connectivity index (χ1v) is 6.24. The van der Waals surface area contributed by atoms with Gasteiger partial charge < -0.3 is 16.4 Å². The van der Waals surface area contributed by atoms with Gasteiger partial charge in [-0.3, -0.25) is 4.79 Å². The summed E-state index contributed by atoms with van der Waals surface area (Å²) < 4.78 is 37.9. The van der Waals surface area contributed by atoms with E-state index < -0.39 is 18.6 Å². The first-order valence-electron chi connectivity index (χ1n) is 5.86. The number of benzene rings is 1. The highest BCUT2D eigenvalue weighted by molar-refractivity contribution is 6.34. The van der Waals surface area contributed by atoms with Crippen molar-refractivity contribution in [1.29, 1.82) is 0 Å². The van der Waals surface area contributed by atoms with Crippen LogP contribution in [0.5, 0.6) is 0 Å². The van der Waals surface area contributed by atoms with Crippen LogP contribution in [-0.2, 0) is 0 Å². The number of amides is 1. The molecular formula is C12H15ClF3N3O. The fourth-order valence-electron chi connectivity index (χ4n) is 1.89. The average molecular weight is 310 g/mol. The number of anilines is 2. The molecule has 4 N–H and O–H groups in total. The summed E-state index contributed by atoms with van der Waals surface area (Å²) in [5.74, 6) is -0.877. The topological polar surface area (TPSA) is 72.3 Å². The monoisotopic (exact) mass is 309 g/mol. The third kappa shape index (κ3) is 4.19. The lowest BCUT2D eigenvalue weighted by molar-refractivity contribution is -0.119. The van der Waals surface area contributed by atoms with Crippen molar-refractivity contribution in [3.05, 3.63) is 22.7 Å². The fraction of sp³-hybridized carbons (Fsp3) is 0.417. The Bertz CT molecular complexity index is 505. The van der Waals surface area contributed by atoms with E-state index in [2.05, 4.69) is 0 Å². The highest BCUT2D eigenvalue weighted by Gasteiger charge is 2.32. The van der Waals surface area contributed by atoms with Crippen molar-refractivity contribution < 1.29 is 18.0 Å². The average Bonchev–Trinajstić information content (AvgIpc) is 2.25. The van der Waals surface area contributed by atoms with E-state index in [1.54, 1.807) is 6.92 Å². The van der Waals surface area contributed by atoms with Gasteiger partial charge in [-0.05, 0) is 18.6 Å². The molecule has 0 aromatic heterocycles. The Morgan fingerprint density at radius 2 is 2.00 bits per heavy atom. The van der Waals surface area contributed by atoms with Crippen LogP contribution in [0.25, 0.3) is 0 Å². The van der Waals surface area contributed by atoms with Crippen LogP contribution in [0.3, 0.4) is 0 Å². The molecule has 0 saturated carbocycles. The van der Waals surface area contributed by atoms with Gasteiger partial charge in [-0.1, -0.05) is 18.5 Å².